The van der Waals surface area contributed by atoms with E-state index in [0.717, 1.165) is 11.3 Å². The van der Waals surface area contributed by atoms with Crippen LogP contribution in [0.15, 0.2) is 9.10 Å². The molecule has 96 valence electrons. The van der Waals surface area contributed by atoms with Crippen LogP contribution < -0.4 is 0 Å². The van der Waals surface area contributed by atoms with Crippen molar-refractivity contribution in [2.45, 2.75) is 28.2 Å². The lowest BCUT2D eigenvalue weighted by Gasteiger charge is -2.08. The van der Waals surface area contributed by atoms with Crippen LogP contribution in [0.3, 0.4) is 0 Å². The summed E-state index contributed by atoms with van der Waals surface area (Å²) in [5, 5.41) is 8.45. The van der Waals surface area contributed by atoms with Gasteiger partial charge in [0.2, 0.25) is 0 Å². The van der Waals surface area contributed by atoms with Gasteiger partial charge in [-0.15, -0.1) is 23.1 Å². The number of halogens is 1. The summed E-state index contributed by atoms with van der Waals surface area (Å²) in [5.41, 5.74) is 0. The van der Waals surface area contributed by atoms with Crippen LogP contribution in [-0.2, 0) is 9.84 Å². The van der Waals surface area contributed by atoms with E-state index in [1.807, 2.05) is 0 Å². The zero-order valence-corrected chi connectivity index (χ0v) is 14.0. The summed E-state index contributed by atoms with van der Waals surface area (Å²) in [6.07, 6.45) is 1.74. The Hall–Kier alpha value is 0.200. The standard InChI is InChI=1S/C9H11IO4S3/c1-4(2)17(13,14)7-5(10)6(8(11)12)16-9(7)15-3/h4H,1-3H3,(H,11,12). The van der Waals surface area contributed by atoms with Gasteiger partial charge in [-0.1, -0.05) is 0 Å². The van der Waals surface area contributed by atoms with Gasteiger partial charge in [0.1, 0.15) is 9.77 Å². The SMILES string of the molecule is CSc1sc(C(=O)O)c(I)c1S(=O)(=O)C(C)C. The maximum absolute atomic E-state index is 12.2. The summed E-state index contributed by atoms with van der Waals surface area (Å²) in [7, 11) is -3.44. The molecule has 0 saturated carbocycles. The first-order chi connectivity index (χ1) is 7.73. The van der Waals surface area contributed by atoms with Gasteiger partial charge < -0.3 is 5.11 Å². The van der Waals surface area contributed by atoms with E-state index < -0.39 is 21.1 Å². The Morgan fingerprint density at radius 1 is 1.47 bits per heavy atom. The highest BCUT2D eigenvalue weighted by atomic mass is 127. The molecule has 1 aromatic heterocycles. The lowest BCUT2D eigenvalue weighted by atomic mass is 10.5. The topological polar surface area (TPSA) is 71.4 Å². The van der Waals surface area contributed by atoms with Crippen LogP contribution in [0, 0.1) is 3.57 Å². The number of aromatic carboxylic acids is 1. The summed E-state index contributed by atoms with van der Waals surface area (Å²) in [4.78, 5) is 11.3. The molecule has 0 spiro atoms. The van der Waals surface area contributed by atoms with Crippen molar-refractivity contribution in [3.8, 4) is 0 Å². The lowest BCUT2D eigenvalue weighted by molar-refractivity contribution is 0.0701. The third-order valence-corrected chi connectivity index (χ3v) is 8.65. The minimum absolute atomic E-state index is 0.0918. The van der Waals surface area contributed by atoms with Crippen molar-refractivity contribution < 1.29 is 18.3 Å². The van der Waals surface area contributed by atoms with Crippen LogP contribution in [0.25, 0.3) is 0 Å². The number of carbonyl (C=O) groups is 1. The van der Waals surface area contributed by atoms with Crippen LogP contribution in [-0.4, -0.2) is 31.0 Å². The average molecular weight is 406 g/mol. The number of rotatable bonds is 4. The lowest BCUT2D eigenvalue weighted by Crippen LogP contribution is -2.15. The van der Waals surface area contributed by atoms with E-state index in [9.17, 15) is 13.2 Å². The van der Waals surface area contributed by atoms with Crippen molar-refractivity contribution in [2.24, 2.45) is 0 Å². The number of thioether (sulfide) groups is 1. The van der Waals surface area contributed by atoms with Gasteiger partial charge in [-0.2, -0.15) is 0 Å². The predicted molar refractivity (Wildman–Crippen MR) is 78.1 cm³/mol. The Morgan fingerprint density at radius 3 is 2.35 bits per heavy atom. The van der Waals surface area contributed by atoms with E-state index in [1.165, 1.54) is 11.8 Å². The van der Waals surface area contributed by atoms with Crippen LogP contribution in [0.5, 0.6) is 0 Å². The van der Waals surface area contributed by atoms with Gasteiger partial charge in [-0.3, -0.25) is 0 Å². The highest BCUT2D eigenvalue weighted by Crippen LogP contribution is 2.40. The molecule has 0 amide bonds. The summed E-state index contributed by atoms with van der Waals surface area (Å²) < 4.78 is 25.2. The average Bonchev–Trinajstić information content (AvgIpc) is 2.55. The molecule has 0 unspecified atom stereocenters. The van der Waals surface area contributed by atoms with Crippen molar-refractivity contribution in [2.75, 3.05) is 6.26 Å². The van der Waals surface area contributed by atoms with E-state index in [-0.39, 0.29) is 9.77 Å². The third kappa shape index (κ3) is 2.79. The molecule has 0 aromatic carbocycles. The molecule has 1 heterocycles. The molecule has 0 saturated heterocycles. The zero-order valence-electron chi connectivity index (χ0n) is 9.35. The van der Waals surface area contributed by atoms with Gasteiger partial charge in [-0.05, 0) is 42.7 Å². The number of sulfone groups is 1. The minimum Gasteiger partial charge on any atom is -0.477 e. The number of thiophene rings is 1. The molecule has 8 heteroatoms. The summed E-state index contributed by atoms with van der Waals surface area (Å²) in [6.45, 7) is 3.18. The first-order valence-electron chi connectivity index (χ1n) is 4.57. The van der Waals surface area contributed by atoms with Crippen molar-refractivity contribution in [3.05, 3.63) is 8.45 Å². The van der Waals surface area contributed by atoms with Crippen LogP contribution in [0.4, 0.5) is 0 Å². The molecule has 0 bridgehead atoms. The largest absolute Gasteiger partial charge is 0.477 e. The monoisotopic (exact) mass is 406 g/mol. The Kier molecular flexibility index (Phi) is 4.89. The number of hydrogen-bond donors (Lipinski definition) is 1. The Labute approximate surface area is 122 Å². The van der Waals surface area contributed by atoms with Crippen LogP contribution in [0.1, 0.15) is 23.5 Å². The quantitative estimate of drug-likeness (QED) is 0.615. The highest BCUT2D eigenvalue weighted by Gasteiger charge is 2.31. The van der Waals surface area contributed by atoms with Gasteiger partial charge in [0.15, 0.2) is 9.84 Å². The normalized spacial score (nSPS) is 12.1. The molecule has 0 aliphatic carbocycles. The summed E-state index contributed by atoms with van der Waals surface area (Å²) in [6, 6.07) is 0. The molecule has 17 heavy (non-hydrogen) atoms. The van der Waals surface area contributed by atoms with Gasteiger partial charge in [0.05, 0.1) is 13.0 Å². The second-order valence-corrected chi connectivity index (χ2v) is 9.08. The maximum Gasteiger partial charge on any atom is 0.347 e. The first-order valence-corrected chi connectivity index (χ1v) is 9.23. The Bertz CT molecular complexity index is 545. The highest BCUT2D eigenvalue weighted by molar-refractivity contribution is 14.1. The molecular formula is C9H11IO4S3. The van der Waals surface area contributed by atoms with Crippen molar-refractivity contribution in [1.29, 1.82) is 0 Å². The first kappa shape index (κ1) is 15.3. The summed E-state index contributed by atoms with van der Waals surface area (Å²) >= 11 is 4.07. The predicted octanol–water partition coefficient (Wildman–Crippen LogP) is 2.95. The fourth-order valence-corrected chi connectivity index (χ4v) is 6.96. The number of carboxylic acid groups (broad SMARTS) is 1. The van der Waals surface area contributed by atoms with Gasteiger partial charge >= 0.3 is 5.97 Å². The molecule has 1 N–H and O–H groups in total. The maximum atomic E-state index is 12.2. The molecule has 0 radical (unpaired) electrons. The third-order valence-electron chi connectivity index (χ3n) is 2.06. The van der Waals surface area contributed by atoms with Gasteiger partial charge in [0, 0.05) is 0 Å². The van der Waals surface area contributed by atoms with Crippen LogP contribution >= 0.6 is 45.7 Å². The number of hydrogen-bond acceptors (Lipinski definition) is 5. The second-order valence-electron chi connectivity index (χ2n) is 3.46. The van der Waals surface area contributed by atoms with Gasteiger partial charge in [-0.25, -0.2) is 13.2 Å². The minimum atomic E-state index is -3.44. The molecule has 0 aliphatic rings. The van der Waals surface area contributed by atoms with E-state index in [4.69, 9.17) is 5.11 Å². The molecular weight excluding hydrogens is 395 g/mol. The molecule has 0 aliphatic heterocycles. The molecule has 0 atom stereocenters. The van der Waals surface area contributed by atoms with Crippen molar-refractivity contribution in [3.63, 3.8) is 0 Å². The van der Waals surface area contributed by atoms with Crippen molar-refractivity contribution in [1.82, 2.24) is 0 Å². The Balaban J connectivity index is 3.59. The molecule has 4 nitrogen and oxygen atoms in total. The second kappa shape index (κ2) is 5.45. The van der Waals surface area contributed by atoms with E-state index in [1.54, 1.807) is 42.7 Å². The van der Waals surface area contributed by atoms with E-state index >= 15 is 0 Å². The van der Waals surface area contributed by atoms with Crippen molar-refractivity contribution >= 4 is 61.5 Å². The zero-order chi connectivity index (χ0) is 13.4. The summed E-state index contributed by atoms with van der Waals surface area (Å²) in [5.74, 6) is -1.08. The Morgan fingerprint density at radius 2 is 2.00 bits per heavy atom. The number of carboxylic acids is 1. The van der Waals surface area contributed by atoms with E-state index in [0.29, 0.717) is 7.78 Å². The van der Waals surface area contributed by atoms with Gasteiger partial charge in [0.25, 0.3) is 0 Å². The smallest absolute Gasteiger partial charge is 0.347 e. The fourth-order valence-electron chi connectivity index (χ4n) is 1.13. The van der Waals surface area contributed by atoms with E-state index in [2.05, 4.69) is 0 Å². The molecule has 0 fully saturated rings. The van der Waals surface area contributed by atoms with Crippen LogP contribution in [0.2, 0.25) is 0 Å². The molecule has 1 rings (SSSR count). The molecule has 1 aromatic rings. The fraction of sp³-hybridized carbons (Fsp3) is 0.444.